The summed E-state index contributed by atoms with van der Waals surface area (Å²) in [7, 11) is 0. The Kier molecular flexibility index (Phi) is 3.44. The number of ether oxygens (including phenoxy) is 1. The Morgan fingerprint density at radius 2 is 2.06 bits per heavy atom. The zero-order valence-electron chi connectivity index (χ0n) is 10.2. The Bertz CT molecular complexity index is 410. The first-order chi connectivity index (χ1) is 8.72. The fraction of sp³-hybridized carbons (Fsp3) is 0.571. The summed E-state index contributed by atoms with van der Waals surface area (Å²) >= 11 is 5.86. The van der Waals surface area contributed by atoms with Crippen molar-refractivity contribution in [2.75, 3.05) is 13.1 Å². The predicted molar refractivity (Wildman–Crippen MR) is 69.5 cm³/mol. The second kappa shape index (κ2) is 5.06. The average molecular weight is 270 g/mol. The first-order valence-corrected chi connectivity index (χ1v) is 6.93. The third-order valence-corrected chi connectivity index (χ3v) is 3.98. The third-order valence-electron chi connectivity index (χ3n) is 3.76. The van der Waals surface area contributed by atoms with Crippen LogP contribution in [0.4, 0.5) is 4.39 Å². The Morgan fingerprint density at radius 1 is 1.22 bits per heavy atom. The van der Waals surface area contributed by atoms with Crippen LogP contribution >= 0.6 is 11.6 Å². The van der Waals surface area contributed by atoms with Gasteiger partial charge in [0.2, 0.25) is 0 Å². The Morgan fingerprint density at radius 3 is 2.67 bits per heavy atom. The van der Waals surface area contributed by atoms with Gasteiger partial charge in [-0.2, -0.15) is 0 Å². The number of hydrogen-bond donors (Lipinski definition) is 1. The van der Waals surface area contributed by atoms with Crippen molar-refractivity contribution in [2.45, 2.75) is 25.4 Å². The van der Waals surface area contributed by atoms with Crippen LogP contribution in [0.5, 0.6) is 5.75 Å². The van der Waals surface area contributed by atoms with Crippen molar-refractivity contribution < 1.29 is 9.13 Å². The van der Waals surface area contributed by atoms with E-state index in [1.807, 2.05) is 0 Å². The molecule has 18 heavy (non-hydrogen) atoms. The maximum absolute atomic E-state index is 13.3. The maximum atomic E-state index is 13.3. The van der Waals surface area contributed by atoms with Gasteiger partial charge in [0.1, 0.15) is 17.7 Å². The molecule has 1 aliphatic carbocycles. The topological polar surface area (TPSA) is 21.3 Å². The van der Waals surface area contributed by atoms with Gasteiger partial charge in [0.15, 0.2) is 0 Å². The highest BCUT2D eigenvalue weighted by atomic mass is 35.5. The Hall–Kier alpha value is -0.800. The van der Waals surface area contributed by atoms with Crippen LogP contribution in [0.25, 0.3) is 0 Å². The van der Waals surface area contributed by atoms with Gasteiger partial charge in [-0.3, -0.25) is 0 Å². The molecule has 4 heteroatoms. The first kappa shape index (κ1) is 12.2. The van der Waals surface area contributed by atoms with E-state index in [1.54, 1.807) is 6.07 Å². The molecule has 1 aromatic rings. The van der Waals surface area contributed by atoms with E-state index >= 15 is 0 Å². The van der Waals surface area contributed by atoms with E-state index in [0.717, 1.165) is 19.5 Å². The van der Waals surface area contributed by atoms with Crippen LogP contribution in [0, 0.1) is 17.7 Å². The highest BCUT2D eigenvalue weighted by Gasteiger charge is 2.39. The van der Waals surface area contributed by atoms with E-state index in [-0.39, 0.29) is 11.9 Å². The van der Waals surface area contributed by atoms with E-state index in [2.05, 4.69) is 5.32 Å². The first-order valence-electron chi connectivity index (χ1n) is 6.56. The van der Waals surface area contributed by atoms with Gasteiger partial charge in [0, 0.05) is 23.6 Å². The molecule has 0 radical (unpaired) electrons. The number of benzene rings is 1. The summed E-state index contributed by atoms with van der Waals surface area (Å²) in [5.41, 5.74) is 0. The van der Waals surface area contributed by atoms with Gasteiger partial charge in [0.25, 0.3) is 0 Å². The average Bonchev–Trinajstić information content (AvgIpc) is 3.00. The minimum atomic E-state index is -0.336. The minimum absolute atomic E-state index is 0.206. The molecule has 2 fully saturated rings. The molecular formula is C14H17ClFNO. The van der Waals surface area contributed by atoms with Crippen LogP contribution in [0.2, 0.25) is 5.02 Å². The lowest BCUT2D eigenvalue weighted by Crippen LogP contribution is -2.30. The molecule has 0 unspecified atom stereocenters. The van der Waals surface area contributed by atoms with Crippen LogP contribution in [0.1, 0.15) is 19.3 Å². The van der Waals surface area contributed by atoms with Crippen LogP contribution < -0.4 is 10.1 Å². The van der Waals surface area contributed by atoms with Gasteiger partial charge in [-0.15, -0.1) is 0 Å². The summed E-state index contributed by atoms with van der Waals surface area (Å²) in [6.45, 7) is 2.06. The van der Waals surface area contributed by atoms with Crippen molar-refractivity contribution >= 4 is 11.6 Å². The molecule has 0 spiro atoms. The normalized spacial score (nSPS) is 25.1. The van der Waals surface area contributed by atoms with Crippen LogP contribution in [-0.4, -0.2) is 19.2 Å². The Labute approximate surface area is 111 Å². The largest absolute Gasteiger partial charge is 0.490 e. The molecule has 0 bridgehead atoms. The SMILES string of the molecule is Fc1cc(Cl)cc(O[C@@H](C2CC2)[C@H]2CCNC2)c1. The zero-order valence-corrected chi connectivity index (χ0v) is 10.9. The van der Waals surface area contributed by atoms with Crippen molar-refractivity contribution in [3.05, 3.63) is 29.0 Å². The fourth-order valence-corrected chi connectivity index (χ4v) is 2.92. The van der Waals surface area contributed by atoms with Gasteiger partial charge in [-0.25, -0.2) is 4.39 Å². The molecule has 1 N–H and O–H groups in total. The third kappa shape index (κ3) is 2.78. The molecule has 0 aromatic heterocycles. The highest BCUT2D eigenvalue weighted by molar-refractivity contribution is 6.30. The smallest absolute Gasteiger partial charge is 0.128 e. The van der Waals surface area contributed by atoms with Crippen molar-refractivity contribution in [3.63, 3.8) is 0 Å². The maximum Gasteiger partial charge on any atom is 0.128 e. The number of halogens is 2. The molecule has 1 aliphatic heterocycles. The quantitative estimate of drug-likeness (QED) is 0.906. The molecule has 2 aliphatic rings. The summed E-state index contributed by atoms with van der Waals surface area (Å²) in [6.07, 6.45) is 3.80. The summed E-state index contributed by atoms with van der Waals surface area (Å²) in [5.74, 6) is 1.40. The van der Waals surface area contributed by atoms with Crippen molar-refractivity contribution in [1.29, 1.82) is 0 Å². The lowest BCUT2D eigenvalue weighted by atomic mass is 9.97. The summed E-state index contributed by atoms with van der Waals surface area (Å²) in [4.78, 5) is 0. The van der Waals surface area contributed by atoms with Crippen LogP contribution in [0.3, 0.4) is 0 Å². The van der Waals surface area contributed by atoms with E-state index in [4.69, 9.17) is 16.3 Å². The van der Waals surface area contributed by atoms with Gasteiger partial charge >= 0.3 is 0 Å². The number of nitrogens with one attached hydrogen (secondary N) is 1. The molecule has 98 valence electrons. The lowest BCUT2D eigenvalue weighted by Gasteiger charge is -2.24. The Balaban J connectivity index is 1.75. The standard InChI is InChI=1S/C14H17ClFNO/c15-11-5-12(16)7-13(6-11)18-14(9-1-2-9)10-3-4-17-8-10/h5-7,9-10,14,17H,1-4,8H2/t10-,14-/m0/s1. The van der Waals surface area contributed by atoms with E-state index in [1.165, 1.54) is 25.0 Å². The molecule has 2 atom stereocenters. The zero-order chi connectivity index (χ0) is 12.5. The summed E-state index contributed by atoms with van der Waals surface area (Å²) in [5, 5.41) is 3.76. The molecule has 1 heterocycles. The molecule has 0 amide bonds. The molecule has 3 rings (SSSR count). The van der Waals surface area contributed by atoms with Crippen LogP contribution in [0.15, 0.2) is 18.2 Å². The van der Waals surface area contributed by atoms with Crippen molar-refractivity contribution in [2.24, 2.45) is 11.8 Å². The molecule has 1 aromatic carbocycles. The van der Waals surface area contributed by atoms with Gasteiger partial charge in [-0.1, -0.05) is 11.6 Å². The van der Waals surface area contributed by atoms with E-state index in [0.29, 0.717) is 22.6 Å². The van der Waals surface area contributed by atoms with Gasteiger partial charge < -0.3 is 10.1 Å². The van der Waals surface area contributed by atoms with Gasteiger partial charge in [-0.05, 0) is 43.9 Å². The second-order valence-electron chi connectivity index (χ2n) is 5.28. The summed E-state index contributed by atoms with van der Waals surface area (Å²) in [6, 6.07) is 4.42. The monoisotopic (exact) mass is 269 g/mol. The fourth-order valence-electron chi connectivity index (χ4n) is 2.71. The molecule has 2 nitrogen and oxygen atoms in total. The lowest BCUT2D eigenvalue weighted by molar-refractivity contribution is 0.120. The van der Waals surface area contributed by atoms with E-state index in [9.17, 15) is 4.39 Å². The number of rotatable bonds is 4. The van der Waals surface area contributed by atoms with Crippen molar-refractivity contribution in [1.82, 2.24) is 5.32 Å². The van der Waals surface area contributed by atoms with Crippen molar-refractivity contribution in [3.8, 4) is 5.75 Å². The predicted octanol–water partition coefficient (Wildman–Crippen LogP) is 3.25. The van der Waals surface area contributed by atoms with Gasteiger partial charge in [0.05, 0.1) is 0 Å². The number of hydrogen-bond acceptors (Lipinski definition) is 2. The molecular weight excluding hydrogens is 253 g/mol. The second-order valence-corrected chi connectivity index (χ2v) is 5.71. The molecule has 1 saturated carbocycles. The van der Waals surface area contributed by atoms with Crippen LogP contribution in [-0.2, 0) is 0 Å². The summed E-state index contributed by atoms with van der Waals surface area (Å²) < 4.78 is 19.3. The minimum Gasteiger partial charge on any atom is -0.490 e. The highest BCUT2D eigenvalue weighted by Crippen LogP contribution is 2.40. The van der Waals surface area contributed by atoms with E-state index < -0.39 is 0 Å². The molecule has 1 saturated heterocycles.